The molecule has 0 radical (unpaired) electrons. The average Bonchev–Trinajstić information content (AvgIpc) is 3.01. The lowest BCUT2D eigenvalue weighted by Crippen LogP contribution is -2.38. The largest absolute Gasteiger partial charge is 0.357 e. The van der Waals surface area contributed by atoms with Gasteiger partial charge in [0.2, 0.25) is 0 Å². The Bertz CT molecular complexity index is 613. The molecule has 0 fully saturated rings. The molecule has 0 amide bonds. The van der Waals surface area contributed by atoms with E-state index in [4.69, 9.17) is 0 Å². The van der Waals surface area contributed by atoms with Gasteiger partial charge in [0.05, 0.1) is 12.9 Å². The monoisotopic (exact) mass is 431 g/mol. The highest BCUT2D eigenvalue weighted by molar-refractivity contribution is 14.0. The highest BCUT2D eigenvalue weighted by atomic mass is 127. The molecule has 1 aromatic carbocycles. The third-order valence-electron chi connectivity index (χ3n) is 3.21. The molecule has 1 aromatic heterocycles. The van der Waals surface area contributed by atoms with Crippen molar-refractivity contribution in [3.63, 3.8) is 0 Å². The topological polar surface area (TPSA) is 54.2 Å². The van der Waals surface area contributed by atoms with Crippen LogP contribution in [-0.4, -0.2) is 28.6 Å². The van der Waals surface area contributed by atoms with Gasteiger partial charge in [-0.3, -0.25) is 0 Å². The Hall–Kier alpha value is -1.64. The fourth-order valence-corrected chi connectivity index (χ4v) is 2.04. The lowest BCUT2D eigenvalue weighted by molar-refractivity contribution is 0.617. The van der Waals surface area contributed by atoms with Crippen LogP contribution in [0.1, 0.15) is 18.1 Å². The minimum Gasteiger partial charge on any atom is -0.357 e. The number of rotatable bonds is 6. The molecule has 0 aliphatic rings. The molecule has 0 atom stereocenters. The standard InChI is InChI=1S/C16H22FN5.HI/c1-3-19-16(20-7-9-22-8-6-18-12-22)21-11-14-4-5-15(17)13(2)10-14;/h4-6,8,10,12H,3,7,9,11H2,1-2H3,(H2,19,20,21);1H. The van der Waals surface area contributed by atoms with Gasteiger partial charge in [0.15, 0.2) is 5.96 Å². The fraction of sp³-hybridized carbons (Fsp3) is 0.375. The summed E-state index contributed by atoms with van der Waals surface area (Å²) < 4.78 is 15.3. The van der Waals surface area contributed by atoms with Crippen LogP contribution >= 0.6 is 24.0 Å². The predicted molar refractivity (Wildman–Crippen MR) is 102 cm³/mol. The number of hydrogen-bond donors (Lipinski definition) is 2. The quantitative estimate of drug-likeness (QED) is 0.420. The molecule has 0 saturated heterocycles. The molecular weight excluding hydrogens is 408 g/mol. The van der Waals surface area contributed by atoms with E-state index in [2.05, 4.69) is 20.6 Å². The van der Waals surface area contributed by atoms with Crippen LogP contribution in [0.5, 0.6) is 0 Å². The maximum absolute atomic E-state index is 13.3. The van der Waals surface area contributed by atoms with E-state index in [0.29, 0.717) is 12.1 Å². The van der Waals surface area contributed by atoms with Gasteiger partial charge in [0, 0.05) is 32.0 Å². The minimum absolute atomic E-state index is 0. The Labute approximate surface area is 153 Å². The first-order chi connectivity index (χ1) is 10.7. The van der Waals surface area contributed by atoms with Gasteiger partial charge < -0.3 is 15.2 Å². The second kappa shape index (κ2) is 10.2. The first kappa shape index (κ1) is 19.4. The summed E-state index contributed by atoms with van der Waals surface area (Å²) in [7, 11) is 0. The van der Waals surface area contributed by atoms with Crippen molar-refractivity contribution < 1.29 is 4.39 Å². The molecule has 2 N–H and O–H groups in total. The van der Waals surface area contributed by atoms with Crippen molar-refractivity contribution in [1.29, 1.82) is 0 Å². The summed E-state index contributed by atoms with van der Waals surface area (Å²) in [5.74, 6) is 0.572. The number of halogens is 2. The Kier molecular flexibility index (Phi) is 8.60. The van der Waals surface area contributed by atoms with E-state index in [1.54, 1.807) is 25.5 Å². The molecule has 2 aromatic rings. The summed E-state index contributed by atoms with van der Waals surface area (Å²) in [6, 6.07) is 5.08. The third-order valence-corrected chi connectivity index (χ3v) is 3.21. The Morgan fingerprint density at radius 2 is 2.17 bits per heavy atom. The summed E-state index contributed by atoms with van der Waals surface area (Å²) in [6.45, 7) is 6.66. The van der Waals surface area contributed by atoms with Crippen molar-refractivity contribution in [2.45, 2.75) is 26.9 Å². The maximum Gasteiger partial charge on any atom is 0.191 e. The van der Waals surface area contributed by atoms with Gasteiger partial charge in [-0.25, -0.2) is 14.4 Å². The zero-order valence-electron chi connectivity index (χ0n) is 13.4. The van der Waals surface area contributed by atoms with Crippen molar-refractivity contribution >= 4 is 29.9 Å². The predicted octanol–water partition coefficient (Wildman–Crippen LogP) is 2.70. The number of benzene rings is 1. The zero-order chi connectivity index (χ0) is 15.8. The van der Waals surface area contributed by atoms with Crippen LogP contribution < -0.4 is 10.6 Å². The van der Waals surface area contributed by atoms with Crippen LogP contribution in [-0.2, 0) is 13.1 Å². The van der Waals surface area contributed by atoms with Gasteiger partial charge in [-0.15, -0.1) is 24.0 Å². The Balaban J connectivity index is 0.00000264. The number of hydrogen-bond acceptors (Lipinski definition) is 2. The number of aryl methyl sites for hydroxylation is 1. The molecule has 126 valence electrons. The Morgan fingerprint density at radius 1 is 1.35 bits per heavy atom. The van der Waals surface area contributed by atoms with Crippen LogP contribution in [0.3, 0.4) is 0 Å². The molecule has 1 heterocycles. The van der Waals surface area contributed by atoms with E-state index in [9.17, 15) is 4.39 Å². The van der Waals surface area contributed by atoms with Crippen LogP contribution in [0.25, 0.3) is 0 Å². The highest BCUT2D eigenvalue weighted by Gasteiger charge is 2.00. The molecule has 0 unspecified atom stereocenters. The van der Waals surface area contributed by atoms with E-state index in [1.807, 2.05) is 23.8 Å². The molecule has 0 spiro atoms. The van der Waals surface area contributed by atoms with Crippen LogP contribution in [0.4, 0.5) is 4.39 Å². The van der Waals surface area contributed by atoms with E-state index < -0.39 is 0 Å². The number of nitrogens with zero attached hydrogens (tertiary/aromatic N) is 3. The van der Waals surface area contributed by atoms with Gasteiger partial charge >= 0.3 is 0 Å². The number of guanidine groups is 1. The lowest BCUT2D eigenvalue weighted by Gasteiger charge is -2.11. The van der Waals surface area contributed by atoms with Gasteiger partial charge in [-0.1, -0.05) is 12.1 Å². The molecule has 7 heteroatoms. The molecule has 5 nitrogen and oxygen atoms in total. The van der Waals surface area contributed by atoms with Crippen LogP contribution in [0, 0.1) is 12.7 Å². The van der Waals surface area contributed by atoms with E-state index >= 15 is 0 Å². The second-order valence-corrected chi connectivity index (χ2v) is 5.01. The van der Waals surface area contributed by atoms with Gasteiger partial charge in [-0.05, 0) is 31.0 Å². The molecule has 23 heavy (non-hydrogen) atoms. The van der Waals surface area contributed by atoms with E-state index in [1.165, 1.54) is 6.07 Å². The van der Waals surface area contributed by atoms with Crippen molar-refractivity contribution in [3.8, 4) is 0 Å². The Morgan fingerprint density at radius 3 is 2.83 bits per heavy atom. The smallest absolute Gasteiger partial charge is 0.191 e. The lowest BCUT2D eigenvalue weighted by atomic mass is 10.1. The third kappa shape index (κ3) is 6.55. The summed E-state index contributed by atoms with van der Waals surface area (Å²) in [5, 5.41) is 6.47. The number of aliphatic imine (C=N–C) groups is 1. The number of nitrogens with one attached hydrogen (secondary N) is 2. The van der Waals surface area contributed by atoms with Crippen molar-refractivity contribution in [3.05, 3.63) is 53.9 Å². The first-order valence-corrected chi connectivity index (χ1v) is 7.42. The fourth-order valence-electron chi connectivity index (χ4n) is 2.04. The normalized spacial score (nSPS) is 11.0. The molecular formula is C16H23FIN5. The van der Waals surface area contributed by atoms with Gasteiger partial charge in [-0.2, -0.15) is 0 Å². The van der Waals surface area contributed by atoms with Gasteiger partial charge in [0.1, 0.15) is 5.82 Å². The van der Waals surface area contributed by atoms with E-state index in [0.717, 1.165) is 31.2 Å². The van der Waals surface area contributed by atoms with Crippen molar-refractivity contribution in [1.82, 2.24) is 20.2 Å². The summed E-state index contributed by atoms with van der Waals surface area (Å²) in [5.41, 5.74) is 1.64. The molecule has 0 bridgehead atoms. The molecule has 0 aliphatic heterocycles. The summed E-state index contributed by atoms with van der Waals surface area (Å²) in [4.78, 5) is 8.53. The van der Waals surface area contributed by atoms with Crippen LogP contribution in [0.2, 0.25) is 0 Å². The SMILES string of the molecule is CCNC(=NCc1ccc(F)c(C)c1)NCCn1ccnc1.I. The molecule has 0 aliphatic carbocycles. The number of aromatic nitrogens is 2. The number of imidazole rings is 1. The second-order valence-electron chi connectivity index (χ2n) is 5.01. The van der Waals surface area contributed by atoms with Gasteiger partial charge in [0.25, 0.3) is 0 Å². The van der Waals surface area contributed by atoms with Crippen molar-refractivity contribution in [2.75, 3.05) is 13.1 Å². The zero-order valence-corrected chi connectivity index (χ0v) is 15.8. The van der Waals surface area contributed by atoms with Crippen molar-refractivity contribution in [2.24, 2.45) is 4.99 Å². The first-order valence-electron chi connectivity index (χ1n) is 7.42. The minimum atomic E-state index is -0.182. The molecule has 2 rings (SSSR count). The maximum atomic E-state index is 13.3. The summed E-state index contributed by atoms with van der Waals surface area (Å²) in [6.07, 6.45) is 5.47. The summed E-state index contributed by atoms with van der Waals surface area (Å²) >= 11 is 0. The highest BCUT2D eigenvalue weighted by Crippen LogP contribution is 2.09. The average molecular weight is 431 g/mol. The van der Waals surface area contributed by atoms with E-state index in [-0.39, 0.29) is 29.8 Å². The van der Waals surface area contributed by atoms with Crippen LogP contribution in [0.15, 0.2) is 41.9 Å². The molecule has 0 saturated carbocycles.